The van der Waals surface area contributed by atoms with E-state index >= 15 is 0 Å². The lowest BCUT2D eigenvalue weighted by Gasteiger charge is -2.10. The third-order valence-corrected chi connectivity index (χ3v) is 3.81. The van der Waals surface area contributed by atoms with E-state index in [4.69, 9.17) is 16.3 Å². The van der Waals surface area contributed by atoms with E-state index < -0.39 is 0 Å². The largest absolute Gasteiger partial charge is 0.456 e. The normalized spacial score (nSPS) is 12.3. The quantitative estimate of drug-likeness (QED) is 0.767. The molecule has 4 heteroatoms. The smallest absolute Gasteiger partial charge is 0.135 e. The number of ether oxygens (including phenoxy) is 1. The Morgan fingerprint density at radius 1 is 0.864 bits per heavy atom. The highest BCUT2D eigenvalue weighted by Gasteiger charge is 2.22. The molecule has 1 aliphatic rings. The van der Waals surface area contributed by atoms with Crippen molar-refractivity contribution >= 4 is 22.7 Å². The lowest BCUT2D eigenvalue weighted by atomic mass is 9.91. The molecule has 1 heterocycles. The van der Waals surface area contributed by atoms with Crippen LogP contribution >= 0.6 is 11.6 Å². The van der Waals surface area contributed by atoms with Crippen LogP contribution in [0.25, 0.3) is 11.1 Å². The SMILES string of the molecule is N#CCC1=C(CC#N)c2cc(Cl)ccc2Oc2ccccc21. The summed E-state index contributed by atoms with van der Waals surface area (Å²) in [6.45, 7) is 0. The Morgan fingerprint density at radius 2 is 1.50 bits per heavy atom. The zero-order valence-electron chi connectivity index (χ0n) is 11.6. The second-order valence-electron chi connectivity index (χ2n) is 4.87. The van der Waals surface area contributed by atoms with Gasteiger partial charge in [-0.15, -0.1) is 0 Å². The highest BCUT2D eigenvalue weighted by molar-refractivity contribution is 6.30. The summed E-state index contributed by atoms with van der Waals surface area (Å²) in [5.74, 6) is 1.33. The van der Waals surface area contributed by atoms with E-state index in [2.05, 4.69) is 12.1 Å². The number of para-hydroxylation sites is 1. The average molecular weight is 307 g/mol. The molecular weight excluding hydrogens is 296 g/mol. The van der Waals surface area contributed by atoms with Crippen molar-refractivity contribution in [1.82, 2.24) is 0 Å². The van der Waals surface area contributed by atoms with E-state index in [1.807, 2.05) is 24.3 Å². The summed E-state index contributed by atoms with van der Waals surface area (Å²) in [5, 5.41) is 19.0. The van der Waals surface area contributed by atoms with Gasteiger partial charge in [-0.2, -0.15) is 10.5 Å². The van der Waals surface area contributed by atoms with E-state index in [-0.39, 0.29) is 12.8 Å². The third-order valence-electron chi connectivity index (χ3n) is 3.57. The van der Waals surface area contributed by atoms with E-state index in [0.29, 0.717) is 16.5 Å². The minimum Gasteiger partial charge on any atom is -0.456 e. The van der Waals surface area contributed by atoms with Crippen molar-refractivity contribution in [3.05, 3.63) is 58.6 Å². The summed E-state index contributed by atoms with van der Waals surface area (Å²) in [6.07, 6.45) is 0.408. The molecule has 0 atom stereocenters. The number of nitriles is 2. The van der Waals surface area contributed by atoms with Crippen LogP contribution < -0.4 is 4.74 Å². The monoisotopic (exact) mass is 306 g/mol. The van der Waals surface area contributed by atoms with Crippen molar-refractivity contribution < 1.29 is 4.74 Å². The maximum atomic E-state index is 9.20. The Bertz CT molecular complexity index is 856. The first-order valence-electron chi connectivity index (χ1n) is 6.77. The molecule has 0 aromatic heterocycles. The number of hydrogen-bond acceptors (Lipinski definition) is 3. The standard InChI is InChI=1S/C18H11ClN2O/c19-12-5-6-18-16(11-12)14(8-10-21)13(7-9-20)15-3-1-2-4-17(15)22-18/h1-6,11H,7-8H2. The predicted molar refractivity (Wildman–Crippen MR) is 85.2 cm³/mol. The third kappa shape index (κ3) is 2.44. The van der Waals surface area contributed by atoms with Gasteiger partial charge in [0.2, 0.25) is 0 Å². The molecule has 0 radical (unpaired) electrons. The van der Waals surface area contributed by atoms with Gasteiger partial charge in [-0.25, -0.2) is 0 Å². The summed E-state index contributed by atoms with van der Waals surface area (Å²) in [5.41, 5.74) is 3.24. The Morgan fingerprint density at radius 3 is 2.23 bits per heavy atom. The predicted octanol–water partition coefficient (Wildman–Crippen LogP) is 5.18. The Labute approximate surface area is 133 Å². The van der Waals surface area contributed by atoms with Crippen LogP contribution in [0.15, 0.2) is 42.5 Å². The molecule has 0 spiro atoms. The molecule has 2 aromatic rings. The summed E-state index contributed by atoms with van der Waals surface area (Å²) in [6, 6.07) is 17.2. The summed E-state index contributed by atoms with van der Waals surface area (Å²) >= 11 is 6.11. The lowest BCUT2D eigenvalue weighted by Crippen LogP contribution is -1.91. The molecule has 1 aliphatic heterocycles. The Hall–Kier alpha value is -2.75. The molecule has 3 rings (SSSR count). The molecule has 2 aromatic carbocycles. The molecule has 3 nitrogen and oxygen atoms in total. The van der Waals surface area contributed by atoms with Crippen LogP contribution in [0.2, 0.25) is 5.02 Å². The first kappa shape index (κ1) is 14.2. The van der Waals surface area contributed by atoms with Gasteiger partial charge in [-0.1, -0.05) is 29.8 Å². The van der Waals surface area contributed by atoms with E-state index in [0.717, 1.165) is 22.3 Å². The van der Waals surface area contributed by atoms with Crippen molar-refractivity contribution in [2.24, 2.45) is 0 Å². The zero-order chi connectivity index (χ0) is 15.5. The van der Waals surface area contributed by atoms with Gasteiger partial charge >= 0.3 is 0 Å². The summed E-state index contributed by atoms with van der Waals surface area (Å²) in [7, 11) is 0. The minimum atomic E-state index is 0.196. The molecule has 0 unspecified atom stereocenters. The lowest BCUT2D eigenvalue weighted by molar-refractivity contribution is 0.481. The summed E-state index contributed by atoms with van der Waals surface area (Å²) in [4.78, 5) is 0. The van der Waals surface area contributed by atoms with Gasteiger partial charge in [0.05, 0.1) is 25.0 Å². The number of allylic oxidation sites excluding steroid dienone is 2. The first-order chi connectivity index (χ1) is 10.7. The van der Waals surface area contributed by atoms with Gasteiger partial charge in [0.1, 0.15) is 11.5 Å². The first-order valence-corrected chi connectivity index (χ1v) is 7.15. The highest BCUT2D eigenvalue weighted by Crippen LogP contribution is 2.45. The molecule has 106 valence electrons. The molecule has 0 amide bonds. The second kappa shape index (κ2) is 5.93. The van der Waals surface area contributed by atoms with Crippen LogP contribution in [0, 0.1) is 22.7 Å². The van der Waals surface area contributed by atoms with Crippen LogP contribution in [0.5, 0.6) is 11.5 Å². The molecule has 0 fully saturated rings. The van der Waals surface area contributed by atoms with Gasteiger partial charge in [0.15, 0.2) is 0 Å². The van der Waals surface area contributed by atoms with Crippen molar-refractivity contribution in [2.75, 3.05) is 0 Å². The number of benzene rings is 2. The maximum Gasteiger partial charge on any atom is 0.135 e. The Balaban J connectivity index is 2.36. The van der Waals surface area contributed by atoms with E-state index in [1.165, 1.54) is 0 Å². The zero-order valence-corrected chi connectivity index (χ0v) is 12.4. The molecule has 0 saturated heterocycles. The number of nitrogens with zero attached hydrogens (tertiary/aromatic N) is 2. The molecule has 0 bridgehead atoms. The van der Waals surface area contributed by atoms with Crippen molar-refractivity contribution in [2.45, 2.75) is 12.8 Å². The number of fused-ring (bicyclic) bond motifs is 2. The van der Waals surface area contributed by atoms with Crippen molar-refractivity contribution in [3.63, 3.8) is 0 Å². The maximum absolute atomic E-state index is 9.20. The molecule has 0 N–H and O–H groups in total. The van der Waals surface area contributed by atoms with Crippen LogP contribution in [-0.4, -0.2) is 0 Å². The van der Waals surface area contributed by atoms with Crippen LogP contribution in [0.1, 0.15) is 24.0 Å². The fraction of sp³-hybridized carbons (Fsp3) is 0.111. The fourth-order valence-corrected chi connectivity index (χ4v) is 2.81. The number of rotatable bonds is 2. The number of hydrogen-bond donors (Lipinski definition) is 0. The van der Waals surface area contributed by atoms with Crippen LogP contribution in [0.3, 0.4) is 0 Å². The molecular formula is C18H11ClN2O. The van der Waals surface area contributed by atoms with Gasteiger partial charge in [0.25, 0.3) is 0 Å². The van der Waals surface area contributed by atoms with Gasteiger partial charge in [-0.3, -0.25) is 0 Å². The fourth-order valence-electron chi connectivity index (χ4n) is 2.64. The van der Waals surface area contributed by atoms with Gasteiger partial charge < -0.3 is 4.74 Å². The number of halogens is 1. The topological polar surface area (TPSA) is 56.8 Å². The molecule has 0 aliphatic carbocycles. The van der Waals surface area contributed by atoms with Crippen molar-refractivity contribution in [3.8, 4) is 23.6 Å². The van der Waals surface area contributed by atoms with Crippen LogP contribution in [0.4, 0.5) is 0 Å². The van der Waals surface area contributed by atoms with Gasteiger partial charge in [-0.05, 0) is 35.4 Å². The average Bonchev–Trinajstić information content (AvgIpc) is 2.64. The minimum absolute atomic E-state index is 0.196. The van der Waals surface area contributed by atoms with Gasteiger partial charge in [0, 0.05) is 16.1 Å². The Kier molecular flexibility index (Phi) is 3.83. The second-order valence-corrected chi connectivity index (χ2v) is 5.30. The highest BCUT2D eigenvalue weighted by atomic mass is 35.5. The van der Waals surface area contributed by atoms with E-state index in [9.17, 15) is 10.5 Å². The summed E-state index contributed by atoms with van der Waals surface area (Å²) < 4.78 is 5.99. The van der Waals surface area contributed by atoms with E-state index in [1.54, 1.807) is 18.2 Å². The van der Waals surface area contributed by atoms with Crippen LogP contribution in [-0.2, 0) is 0 Å². The molecule has 0 saturated carbocycles. The van der Waals surface area contributed by atoms with Crippen molar-refractivity contribution in [1.29, 1.82) is 10.5 Å². The molecule has 22 heavy (non-hydrogen) atoms.